The van der Waals surface area contributed by atoms with Gasteiger partial charge in [0.05, 0.1) is 7.11 Å². The van der Waals surface area contributed by atoms with Crippen LogP contribution in [0.15, 0.2) is 48.5 Å². The molecule has 0 radical (unpaired) electrons. The summed E-state index contributed by atoms with van der Waals surface area (Å²) in [4.78, 5) is 0. The first kappa shape index (κ1) is 15.7. The Kier molecular flexibility index (Phi) is 6.60. The van der Waals surface area contributed by atoms with Gasteiger partial charge in [-0.2, -0.15) is 0 Å². The first-order chi connectivity index (χ1) is 8.79. The minimum absolute atomic E-state index is 0. The maximum atomic E-state index is 5.33. The van der Waals surface area contributed by atoms with Crippen LogP contribution in [-0.2, 0) is 13.1 Å². The van der Waals surface area contributed by atoms with Gasteiger partial charge in [-0.15, -0.1) is 17.0 Å². The minimum Gasteiger partial charge on any atom is -0.496 e. The van der Waals surface area contributed by atoms with Crippen LogP contribution in [0.1, 0.15) is 16.7 Å². The number of para-hydroxylation sites is 1. The molecule has 0 aromatic heterocycles. The highest BCUT2D eigenvalue weighted by atomic mass is 79.9. The van der Waals surface area contributed by atoms with Gasteiger partial charge in [-0.05, 0) is 18.6 Å². The fraction of sp³-hybridized carbons (Fsp3) is 0.250. The van der Waals surface area contributed by atoms with Crippen LogP contribution in [-0.4, -0.2) is 7.11 Å². The van der Waals surface area contributed by atoms with E-state index in [9.17, 15) is 0 Å². The molecule has 2 aromatic rings. The molecule has 19 heavy (non-hydrogen) atoms. The largest absolute Gasteiger partial charge is 0.496 e. The van der Waals surface area contributed by atoms with Gasteiger partial charge in [0.1, 0.15) is 5.75 Å². The van der Waals surface area contributed by atoms with E-state index >= 15 is 0 Å². The second kappa shape index (κ2) is 7.97. The zero-order valence-corrected chi connectivity index (χ0v) is 13.1. The molecule has 0 atom stereocenters. The van der Waals surface area contributed by atoms with Crippen molar-refractivity contribution in [1.82, 2.24) is 5.32 Å². The molecule has 0 heterocycles. The summed E-state index contributed by atoms with van der Waals surface area (Å²) >= 11 is 0. The van der Waals surface area contributed by atoms with E-state index in [0.29, 0.717) is 0 Å². The second-order valence-electron chi connectivity index (χ2n) is 4.40. The van der Waals surface area contributed by atoms with Crippen LogP contribution in [0.5, 0.6) is 5.75 Å². The Morgan fingerprint density at radius 1 is 1.00 bits per heavy atom. The average molecular weight is 322 g/mol. The quantitative estimate of drug-likeness (QED) is 0.902. The number of rotatable bonds is 5. The van der Waals surface area contributed by atoms with Gasteiger partial charge in [0.2, 0.25) is 0 Å². The van der Waals surface area contributed by atoms with E-state index in [2.05, 4.69) is 42.6 Å². The number of methoxy groups -OCH3 is 1. The topological polar surface area (TPSA) is 21.3 Å². The third-order valence-corrected chi connectivity index (χ3v) is 2.92. The summed E-state index contributed by atoms with van der Waals surface area (Å²) in [5.41, 5.74) is 3.80. The van der Waals surface area contributed by atoms with Crippen LogP contribution >= 0.6 is 17.0 Å². The zero-order chi connectivity index (χ0) is 12.8. The number of ether oxygens (including phenoxy) is 1. The zero-order valence-electron chi connectivity index (χ0n) is 11.3. The van der Waals surface area contributed by atoms with Crippen LogP contribution in [0.3, 0.4) is 0 Å². The van der Waals surface area contributed by atoms with E-state index in [-0.39, 0.29) is 17.0 Å². The number of hydrogen-bond acceptors (Lipinski definition) is 2. The van der Waals surface area contributed by atoms with E-state index in [4.69, 9.17) is 4.74 Å². The van der Waals surface area contributed by atoms with Crippen molar-refractivity contribution in [2.45, 2.75) is 20.0 Å². The molecular weight excluding hydrogens is 302 g/mol. The van der Waals surface area contributed by atoms with E-state index in [1.54, 1.807) is 7.11 Å². The Balaban J connectivity index is 0.00000180. The van der Waals surface area contributed by atoms with E-state index < -0.39 is 0 Å². The molecule has 0 amide bonds. The molecule has 0 aliphatic heterocycles. The fourth-order valence-electron chi connectivity index (χ4n) is 2.01. The minimum atomic E-state index is 0. The number of aryl methyl sites for hydroxylation is 1. The Morgan fingerprint density at radius 2 is 1.79 bits per heavy atom. The van der Waals surface area contributed by atoms with Crippen molar-refractivity contribution < 1.29 is 4.74 Å². The van der Waals surface area contributed by atoms with Gasteiger partial charge in [-0.25, -0.2) is 0 Å². The van der Waals surface area contributed by atoms with Crippen LogP contribution in [0.4, 0.5) is 0 Å². The summed E-state index contributed by atoms with van der Waals surface area (Å²) in [5.74, 6) is 0.939. The van der Waals surface area contributed by atoms with Gasteiger partial charge in [0.15, 0.2) is 0 Å². The predicted octanol–water partition coefficient (Wildman–Crippen LogP) is 3.87. The molecule has 0 aliphatic carbocycles. The Labute approximate surface area is 125 Å². The van der Waals surface area contributed by atoms with Crippen LogP contribution in [0, 0.1) is 6.92 Å². The monoisotopic (exact) mass is 321 g/mol. The van der Waals surface area contributed by atoms with E-state index in [1.165, 1.54) is 16.7 Å². The van der Waals surface area contributed by atoms with Gasteiger partial charge >= 0.3 is 0 Å². The smallest absolute Gasteiger partial charge is 0.123 e. The number of nitrogens with one attached hydrogen (secondary N) is 1. The molecule has 3 heteroatoms. The lowest BCUT2D eigenvalue weighted by molar-refractivity contribution is 0.407. The lowest BCUT2D eigenvalue weighted by atomic mass is 10.1. The Hall–Kier alpha value is -1.32. The average Bonchev–Trinajstić information content (AvgIpc) is 2.39. The molecule has 0 aliphatic rings. The summed E-state index contributed by atoms with van der Waals surface area (Å²) < 4.78 is 5.33. The van der Waals surface area contributed by atoms with Crippen LogP contribution < -0.4 is 10.1 Å². The third-order valence-electron chi connectivity index (χ3n) is 2.92. The van der Waals surface area contributed by atoms with Crippen molar-refractivity contribution in [2.75, 3.05) is 7.11 Å². The molecule has 0 fully saturated rings. The number of halogens is 1. The first-order valence-electron chi connectivity index (χ1n) is 6.18. The summed E-state index contributed by atoms with van der Waals surface area (Å²) in [7, 11) is 1.71. The number of benzene rings is 2. The first-order valence-corrected chi connectivity index (χ1v) is 6.18. The molecule has 2 nitrogen and oxygen atoms in total. The fourth-order valence-corrected chi connectivity index (χ4v) is 2.01. The predicted molar refractivity (Wildman–Crippen MR) is 85.0 cm³/mol. The van der Waals surface area contributed by atoms with Crippen molar-refractivity contribution >= 4 is 17.0 Å². The van der Waals surface area contributed by atoms with Gasteiger partial charge in [0.25, 0.3) is 0 Å². The highest BCUT2D eigenvalue weighted by Crippen LogP contribution is 2.16. The van der Waals surface area contributed by atoms with Crippen LogP contribution in [0.25, 0.3) is 0 Å². The third kappa shape index (κ3) is 4.69. The van der Waals surface area contributed by atoms with Gasteiger partial charge < -0.3 is 10.1 Å². The summed E-state index contributed by atoms with van der Waals surface area (Å²) in [6.45, 7) is 3.81. The lowest BCUT2D eigenvalue weighted by Gasteiger charge is -2.09. The molecule has 2 rings (SSSR count). The van der Waals surface area contributed by atoms with E-state index in [1.807, 2.05) is 18.2 Å². The van der Waals surface area contributed by atoms with Gasteiger partial charge in [0, 0.05) is 18.7 Å². The SMILES string of the molecule is Br.COc1ccccc1CNCc1cccc(C)c1. The molecule has 0 unspecified atom stereocenters. The van der Waals surface area contributed by atoms with E-state index in [0.717, 1.165) is 18.8 Å². The summed E-state index contributed by atoms with van der Waals surface area (Å²) in [5, 5.41) is 3.44. The van der Waals surface area contributed by atoms with Crippen molar-refractivity contribution in [2.24, 2.45) is 0 Å². The van der Waals surface area contributed by atoms with Gasteiger partial charge in [-0.3, -0.25) is 0 Å². The maximum absolute atomic E-state index is 5.33. The standard InChI is InChI=1S/C16H19NO.BrH/c1-13-6-5-7-14(10-13)11-17-12-15-8-3-4-9-16(15)18-2;/h3-10,17H,11-12H2,1-2H3;1H. The van der Waals surface area contributed by atoms with Gasteiger partial charge in [-0.1, -0.05) is 48.0 Å². The molecule has 2 aromatic carbocycles. The van der Waals surface area contributed by atoms with Crippen molar-refractivity contribution in [1.29, 1.82) is 0 Å². The molecule has 0 saturated heterocycles. The Bertz CT molecular complexity index is 514. The molecule has 0 saturated carbocycles. The molecular formula is C16H20BrNO. The van der Waals surface area contributed by atoms with Crippen LogP contribution in [0.2, 0.25) is 0 Å². The lowest BCUT2D eigenvalue weighted by Crippen LogP contribution is -2.13. The summed E-state index contributed by atoms with van der Waals surface area (Å²) in [6, 6.07) is 16.7. The summed E-state index contributed by atoms with van der Waals surface area (Å²) in [6.07, 6.45) is 0. The van der Waals surface area contributed by atoms with Crippen molar-refractivity contribution in [3.8, 4) is 5.75 Å². The van der Waals surface area contributed by atoms with Crippen molar-refractivity contribution in [3.05, 3.63) is 65.2 Å². The molecule has 0 bridgehead atoms. The second-order valence-corrected chi connectivity index (χ2v) is 4.40. The molecule has 0 spiro atoms. The molecule has 1 N–H and O–H groups in total. The molecule has 102 valence electrons. The normalized spacial score (nSPS) is 9.79. The highest BCUT2D eigenvalue weighted by Gasteiger charge is 2.00. The highest BCUT2D eigenvalue weighted by molar-refractivity contribution is 8.93. The maximum Gasteiger partial charge on any atom is 0.123 e. The Morgan fingerprint density at radius 3 is 2.53 bits per heavy atom. The van der Waals surface area contributed by atoms with Crippen molar-refractivity contribution in [3.63, 3.8) is 0 Å². The number of hydrogen-bond donors (Lipinski definition) is 1.